The number of amides is 1. The molecule has 1 N–H and O–H groups in total. The Bertz CT molecular complexity index is 758. The highest BCUT2D eigenvalue weighted by Gasteiger charge is 2.19. The van der Waals surface area contributed by atoms with Gasteiger partial charge in [0.25, 0.3) is 5.91 Å². The first-order valence-electron chi connectivity index (χ1n) is 7.86. The second-order valence-corrected chi connectivity index (χ2v) is 6.99. The van der Waals surface area contributed by atoms with Crippen LogP contribution in [0.2, 0.25) is 15.1 Å². The van der Waals surface area contributed by atoms with E-state index in [1.165, 1.54) is 6.42 Å². The van der Waals surface area contributed by atoms with Gasteiger partial charge in [-0.2, -0.15) is 0 Å². The van der Waals surface area contributed by atoms with Gasteiger partial charge >= 0.3 is 0 Å². The number of para-hydroxylation sites is 1. The van der Waals surface area contributed by atoms with E-state index in [2.05, 4.69) is 10.2 Å². The Morgan fingerprint density at radius 3 is 2.38 bits per heavy atom. The number of hydrogen-bond donors (Lipinski definition) is 1. The van der Waals surface area contributed by atoms with E-state index in [0.29, 0.717) is 26.3 Å². The fraction of sp³-hybridized carbons (Fsp3) is 0.278. The molecule has 1 fully saturated rings. The molecule has 6 heteroatoms. The molecule has 1 saturated heterocycles. The number of rotatable bonds is 3. The molecule has 2 aromatic carbocycles. The van der Waals surface area contributed by atoms with Gasteiger partial charge in [0.05, 0.1) is 26.4 Å². The predicted molar refractivity (Wildman–Crippen MR) is 102 cm³/mol. The van der Waals surface area contributed by atoms with E-state index in [1.54, 1.807) is 18.2 Å². The molecule has 0 saturated carbocycles. The summed E-state index contributed by atoms with van der Waals surface area (Å²) in [7, 11) is 0. The van der Waals surface area contributed by atoms with Crippen molar-refractivity contribution in [1.82, 2.24) is 0 Å². The number of hydrogen-bond acceptors (Lipinski definition) is 2. The molecule has 126 valence electrons. The molecule has 1 amide bonds. The predicted octanol–water partition coefficient (Wildman–Crippen LogP) is 5.89. The lowest BCUT2D eigenvalue weighted by Crippen LogP contribution is -2.30. The molecule has 0 aromatic heterocycles. The summed E-state index contributed by atoms with van der Waals surface area (Å²) in [6.07, 6.45) is 3.49. The Morgan fingerprint density at radius 1 is 0.917 bits per heavy atom. The van der Waals surface area contributed by atoms with Gasteiger partial charge in [-0.25, -0.2) is 0 Å². The quantitative estimate of drug-likeness (QED) is 0.716. The van der Waals surface area contributed by atoms with Gasteiger partial charge in [-0.05, 0) is 49.6 Å². The van der Waals surface area contributed by atoms with Crippen LogP contribution in [0.5, 0.6) is 0 Å². The Balaban J connectivity index is 1.87. The minimum atomic E-state index is -0.242. The van der Waals surface area contributed by atoms with Crippen LogP contribution in [-0.4, -0.2) is 19.0 Å². The molecule has 1 aliphatic heterocycles. The van der Waals surface area contributed by atoms with Crippen LogP contribution in [0.15, 0.2) is 36.4 Å². The van der Waals surface area contributed by atoms with Crippen molar-refractivity contribution >= 4 is 52.1 Å². The summed E-state index contributed by atoms with van der Waals surface area (Å²) in [6, 6.07) is 10.4. The van der Waals surface area contributed by atoms with Crippen molar-refractivity contribution in [3.05, 3.63) is 57.0 Å². The Labute approximate surface area is 156 Å². The highest BCUT2D eigenvalue weighted by atomic mass is 35.5. The summed E-state index contributed by atoms with van der Waals surface area (Å²) in [5, 5.41) is 4.36. The average molecular weight is 384 g/mol. The molecule has 0 radical (unpaired) electrons. The molecular weight excluding hydrogens is 367 g/mol. The van der Waals surface area contributed by atoms with E-state index in [9.17, 15) is 4.79 Å². The largest absolute Gasteiger partial charge is 0.369 e. The van der Waals surface area contributed by atoms with Crippen LogP contribution >= 0.6 is 34.8 Å². The standard InChI is InChI=1S/C18H17Cl3N2O/c19-13-8-7-12(11-15(13)21)18(24)22-16-6-4-5-14(20)17(16)23-9-2-1-3-10-23/h4-8,11H,1-3,9-10H2,(H,22,24). The molecule has 0 atom stereocenters. The van der Waals surface area contributed by atoms with Gasteiger partial charge in [0, 0.05) is 18.7 Å². The molecule has 0 aliphatic carbocycles. The topological polar surface area (TPSA) is 32.3 Å². The Kier molecular flexibility index (Phi) is 5.54. The monoisotopic (exact) mass is 382 g/mol. The first kappa shape index (κ1) is 17.4. The molecule has 1 aliphatic rings. The lowest BCUT2D eigenvalue weighted by molar-refractivity contribution is 0.102. The van der Waals surface area contributed by atoms with E-state index in [0.717, 1.165) is 31.6 Å². The molecule has 2 aromatic rings. The normalized spacial score (nSPS) is 14.5. The minimum absolute atomic E-state index is 0.242. The van der Waals surface area contributed by atoms with Gasteiger partial charge in [-0.3, -0.25) is 4.79 Å². The maximum absolute atomic E-state index is 12.5. The van der Waals surface area contributed by atoms with Crippen LogP contribution in [0.3, 0.4) is 0 Å². The second kappa shape index (κ2) is 7.64. The number of nitrogens with zero attached hydrogens (tertiary/aromatic N) is 1. The third kappa shape index (κ3) is 3.80. The van der Waals surface area contributed by atoms with E-state index in [-0.39, 0.29) is 5.91 Å². The first-order chi connectivity index (χ1) is 11.6. The van der Waals surface area contributed by atoms with E-state index in [1.807, 2.05) is 18.2 Å². The fourth-order valence-electron chi connectivity index (χ4n) is 2.89. The maximum atomic E-state index is 12.5. The summed E-state index contributed by atoms with van der Waals surface area (Å²) >= 11 is 18.3. The van der Waals surface area contributed by atoms with Crippen LogP contribution in [-0.2, 0) is 0 Å². The van der Waals surface area contributed by atoms with Crippen LogP contribution in [0, 0.1) is 0 Å². The number of benzene rings is 2. The molecule has 0 bridgehead atoms. The number of carbonyl (C=O) groups is 1. The van der Waals surface area contributed by atoms with Gasteiger partial charge in [-0.15, -0.1) is 0 Å². The zero-order chi connectivity index (χ0) is 17.1. The molecule has 0 unspecified atom stereocenters. The van der Waals surface area contributed by atoms with Crippen LogP contribution in [0.4, 0.5) is 11.4 Å². The summed E-state index contributed by atoms with van der Waals surface area (Å²) in [6.45, 7) is 1.89. The van der Waals surface area contributed by atoms with Crippen molar-refractivity contribution in [2.75, 3.05) is 23.3 Å². The van der Waals surface area contributed by atoms with Crippen LogP contribution < -0.4 is 10.2 Å². The molecular formula is C18H17Cl3N2O. The Morgan fingerprint density at radius 2 is 1.67 bits per heavy atom. The van der Waals surface area contributed by atoms with Crippen molar-refractivity contribution < 1.29 is 4.79 Å². The third-order valence-electron chi connectivity index (χ3n) is 4.09. The van der Waals surface area contributed by atoms with Crippen molar-refractivity contribution in [1.29, 1.82) is 0 Å². The molecule has 3 nitrogen and oxygen atoms in total. The molecule has 24 heavy (non-hydrogen) atoms. The van der Waals surface area contributed by atoms with E-state index >= 15 is 0 Å². The third-order valence-corrected chi connectivity index (χ3v) is 5.13. The fourth-order valence-corrected chi connectivity index (χ4v) is 3.48. The van der Waals surface area contributed by atoms with E-state index in [4.69, 9.17) is 34.8 Å². The van der Waals surface area contributed by atoms with Gasteiger partial charge in [0.2, 0.25) is 0 Å². The molecule has 3 rings (SSSR count). The second-order valence-electron chi connectivity index (χ2n) is 5.77. The van der Waals surface area contributed by atoms with Gasteiger partial charge in [-0.1, -0.05) is 40.9 Å². The number of nitrogens with one attached hydrogen (secondary N) is 1. The molecule has 0 spiro atoms. The van der Waals surface area contributed by atoms with Crippen LogP contribution in [0.1, 0.15) is 29.6 Å². The molecule has 1 heterocycles. The smallest absolute Gasteiger partial charge is 0.255 e. The van der Waals surface area contributed by atoms with Gasteiger partial charge < -0.3 is 10.2 Å². The number of anilines is 2. The maximum Gasteiger partial charge on any atom is 0.255 e. The highest BCUT2D eigenvalue weighted by molar-refractivity contribution is 6.42. The van der Waals surface area contributed by atoms with Crippen molar-refractivity contribution in [2.45, 2.75) is 19.3 Å². The van der Waals surface area contributed by atoms with E-state index < -0.39 is 0 Å². The Hall–Kier alpha value is -1.42. The van der Waals surface area contributed by atoms with Crippen LogP contribution in [0.25, 0.3) is 0 Å². The SMILES string of the molecule is O=C(Nc1cccc(Cl)c1N1CCCCC1)c1ccc(Cl)c(Cl)c1. The number of halogens is 3. The highest BCUT2D eigenvalue weighted by Crippen LogP contribution is 2.36. The van der Waals surface area contributed by atoms with Crippen molar-refractivity contribution in [3.8, 4) is 0 Å². The lowest BCUT2D eigenvalue weighted by atomic mass is 10.1. The lowest BCUT2D eigenvalue weighted by Gasteiger charge is -2.31. The minimum Gasteiger partial charge on any atom is -0.369 e. The number of carbonyl (C=O) groups excluding carboxylic acids is 1. The van der Waals surface area contributed by atoms with Gasteiger partial charge in [0.1, 0.15) is 0 Å². The first-order valence-corrected chi connectivity index (χ1v) is 8.99. The van der Waals surface area contributed by atoms with Gasteiger partial charge in [0.15, 0.2) is 0 Å². The van der Waals surface area contributed by atoms with Crippen molar-refractivity contribution in [3.63, 3.8) is 0 Å². The zero-order valence-corrected chi connectivity index (χ0v) is 15.3. The number of piperidine rings is 1. The summed E-state index contributed by atoms with van der Waals surface area (Å²) in [4.78, 5) is 14.8. The summed E-state index contributed by atoms with van der Waals surface area (Å²) in [5.74, 6) is -0.242. The van der Waals surface area contributed by atoms with Crippen molar-refractivity contribution in [2.24, 2.45) is 0 Å². The zero-order valence-electron chi connectivity index (χ0n) is 13.0. The summed E-state index contributed by atoms with van der Waals surface area (Å²) in [5.41, 5.74) is 2.04. The summed E-state index contributed by atoms with van der Waals surface area (Å²) < 4.78 is 0. The average Bonchev–Trinajstić information content (AvgIpc) is 2.58.